The monoisotopic (exact) mass is 231 g/mol. The van der Waals surface area contributed by atoms with Crippen molar-refractivity contribution in [3.05, 3.63) is 47.8 Å². The lowest BCUT2D eigenvalue weighted by atomic mass is 10.1. The van der Waals surface area contributed by atoms with Crippen LogP contribution in [0, 0.1) is 0 Å². The molecule has 2 rings (SSSR count). The zero-order chi connectivity index (χ0) is 12.3. The standard InChI is InChI=1S/C12H13N3O2/c1-15-6-5-13-12(15)14-8-9-3-2-4-10(7-9)11(16)17/h2-7H,8H2,1H3,(H,13,14)(H,16,17). The second kappa shape index (κ2) is 4.69. The number of carboxylic acid groups (broad SMARTS) is 1. The van der Waals surface area contributed by atoms with Gasteiger partial charge in [-0.2, -0.15) is 0 Å². The van der Waals surface area contributed by atoms with Gasteiger partial charge in [-0.15, -0.1) is 0 Å². The summed E-state index contributed by atoms with van der Waals surface area (Å²) in [5, 5.41) is 12.0. The molecule has 2 aromatic rings. The van der Waals surface area contributed by atoms with E-state index in [0.717, 1.165) is 11.5 Å². The van der Waals surface area contributed by atoms with Crippen molar-refractivity contribution in [1.29, 1.82) is 0 Å². The fourth-order valence-corrected chi connectivity index (χ4v) is 1.53. The van der Waals surface area contributed by atoms with Crippen molar-refractivity contribution in [2.45, 2.75) is 6.54 Å². The number of aromatic nitrogens is 2. The van der Waals surface area contributed by atoms with Crippen LogP contribution in [-0.2, 0) is 13.6 Å². The summed E-state index contributed by atoms with van der Waals surface area (Å²) in [5.41, 5.74) is 1.21. The number of nitrogens with zero attached hydrogens (tertiary/aromatic N) is 2. The third-order valence-electron chi connectivity index (χ3n) is 2.45. The molecule has 5 heteroatoms. The van der Waals surface area contributed by atoms with Crippen LogP contribution < -0.4 is 5.32 Å². The van der Waals surface area contributed by atoms with Crippen molar-refractivity contribution in [3.63, 3.8) is 0 Å². The van der Waals surface area contributed by atoms with Crippen LogP contribution in [0.3, 0.4) is 0 Å². The minimum absolute atomic E-state index is 0.296. The highest BCUT2D eigenvalue weighted by molar-refractivity contribution is 5.87. The molecule has 1 aromatic carbocycles. The molecule has 0 aliphatic heterocycles. The lowest BCUT2D eigenvalue weighted by Crippen LogP contribution is -2.05. The lowest BCUT2D eigenvalue weighted by Gasteiger charge is -2.06. The van der Waals surface area contributed by atoms with Crippen LogP contribution in [0.1, 0.15) is 15.9 Å². The molecule has 0 unspecified atom stereocenters. The predicted octanol–water partition coefficient (Wildman–Crippen LogP) is 1.73. The van der Waals surface area contributed by atoms with Crippen LogP contribution in [0.15, 0.2) is 36.7 Å². The first-order valence-electron chi connectivity index (χ1n) is 5.20. The van der Waals surface area contributed by atoms with E-state index < -0.39 is 5.97 Å². The molecule has 1 aromatic heterocycles. The van der Waals surface area contributed by atoms with E-state index in [1.807, 2.05) is 23.9 Å². The second-order valence-electron chi connectivity index (χ2n) is 3.72. The van der Waals surface area contributed by atoms with E-state index >= 15 is 0 Å². The van der Waals surface area contributed by atoms with Crippen molar-refractivity contribution >= 4 is 11.9 Å². The molecule has 0 aliphatic carbocycles. The SMILES string of the molecule is Cn1ccnc1NCc1cccc(C(=O)O)c1. The summed E-state index contributed by atoms with van der Waals surface area (Å²) in [7, 11) is 1.89. The Kier molecular flexibility index (Phi) is 3.09. The second-order valence-corrected chi connectivity index (χ2v) is 3.72. The highest BCUT2D eigenvalue weighted by Gasteiger charge is 2.03. The van der Waals surface area contributed by atoms with E-state index in [1.165, 1.54) is 0 Å². The maximum absolute atomic E-state index is 10.8. The molecule has 0 amide bonds. The normalized spacial score (nSPS) is 10.2. The Morgan fingerprint density at radius 1 is 1.53 bits per heavy atom. The lowest BCUT2D eigenvalue weighted by molar-refractivity contribution is 0.0697. The van der Waals surface area contributed by atoms with Gasteiger partial charge in [0.25, 0.3) is 0 Å². The van der Waals surface area contributed by atoms with Gasteiger partial charge in [-0.3, -0.25) is 0 Å². The fourth-order valence-electron chi connectivity index (χ4n) is 1.53. The minimum Gasteiger partial charge on any atom is -0.478 e. The molecule has 0 atom stereocenters. The Balaban J connectivity index is 2.07. The van der Waals surface area contributed by atoms with Crippen molar-refractivity contribution < 1.29 is 9.90 Å². The van der Waals surface area contributed by atoms with Gasteiger partial charge in [0.05, 0.1) is 5.56 Å². The number of rotatable bonds is 4. The molecule has 0 saturated heterocycles. The number of aryl methyl sites for hydroxylation is 1. The summed E-state index contributed by atoms with van der Waals surface area (Å²) in [6.45, 7) is 0.548. The number of nitrogens with one attached hydrogen (secondary N) is 1. The van der Waals surface area contributed by atoms with Crippen LogP contribution in [0.5, 0.6) is 0 Å². The Bertz CT molecular complexity index is 534. The molecule has 0 fully saturated rings. The van der Waals surface area contributed by atoms with Crippen LogP contribution >= 0.6 is 0 Å². The first-order valence-corrected chi connectivity index (χ1v) is 5.20. The van der Waals surface area contributed by atoms with E-state index in [4.69, 9.17) is 5.11 Å². The summed E-state index contributed by atoms with van der Waals surface area (Å²) < 4.78 is 1.86. The molecule has 88 valence electrons. The van der Waals surface area contributed by atoms with Gasteiger partial charge in [-0.25, -0.2) is 9.78 Å². The minimum atomic E-state index is -0.913. The fraction of sp³-hybridized carbons (Fsp3) is 0.167. The first kappa shape index (κ1) is 11.2. The van der Waals surface area contributed by atoms with Crippen molar-refractivity contribution in [2.75, 3.05) is 5.32 Å². The molecule has 0 bridgehead atoms. The Morgan fingerprint density at radius 3 is 3.00 bits per heavy atom. The Morgan fingerprint density at radius 2 is 2.35 bits per heavy atom. The quantitative estimate of drug-likeness (QED) is 0.841. The van der Waals surface area contributed by atoms with Crippen molar-refractivity contribution in [2.24, 2.45) is 7.05 Å². The Hall–Kier alpha value is -2.30. The van der Waals surface area contributed by atoms with Crippen LogP contribution in [0.2, 0.25) is 0 Å². The van der Waals surface area contributed by atoms with Gasteiger partial charge in [0.1, 0.15) is 0 Å². The Labute approximate surface area is 98.7 Å². The van der Waals surface area contributed by atoms with Crippen LogP contribution in [-0.4, -0.2) is 20.6 Å². The summed E-state index contributed by atoms with van der Waals surface area (Å²) in [5.74, 6) is -0.158. The topological polar surface area (TPSA) is 67.2 Å². The largest absolute Gasteiger partial charge is 0.478 e. The zero-order valence-electron chi connectivity index (χ0n) is 9.42. The highest BCUT2D eigenvalue weighted by atomic mass is 16.4. The smallest absolute Gasteiger partial charge is 0.335 e. The third kappa shape index (κ3) is 2.63. The number of imidazole rings is 1. The molecule has 5 nitrogen and oxygen atoms in total. The number of benzene rings is 1. The van der Waals surface area contributed by atoms with E-state index in [9.17, 15) is 4.79 Å². The predicted molar refractivity (Wildman–Crippen MR) is 63.9 cm³/mol. The van der Waals surface area contributed by atoms with Crippen LogP contribution in [0.4, 0.5) is 5.95 Å². The van der Waals surface area contributed by atoms with Gasteiger partial charge in [0, 0.05) is 26.0 Å². The summed E-state index contributed by atoms with van der Waals surface area (Å²) in [6, 6.07) is 6.84. The zero-order valence-corrected chi connectivity index (χ0v) is 9.42. The molecule has 0 aliphatic rings. The molecular formula is C12H13N3O2. The third-order valence-corrected chi connectivity index (χ3v) is 2.45. The van der Waals surface area contributed by atoms with E-state index in [1.54, 1.807) is 24.4 Å². The van der Waals surface area contributed by atoms with E-state index in [2.05, 4.69) is 10.3 Å². The van der Waals surface area contributed by atoms with Gasteiger partial charge in [0.15, 0.2) is 0 Å². The summed E-state index contributed by atoms with van der Waals surface area (Å²) in [4.78, 5) is 14.9. The summed E-state index contributed by atoms with van der Waals surface area (Å²) in [6.07, 6.45) is 3.55. The number of carboxylic acids is 1. The first-order chi connectivity index (χ1) is 8.16. The molecule has 17 heavy (non-hydrogen) atoms. The van der Waals surface area contributed by atoms with Crippen molar-refractivity contribution in [1.82, 2.24) is 9.55 Å². The van der Waals surface area contributed by atoms with Crippen molar-refractivity contribution in [3.8, 4) is 0 Å². The number of hydrogen-bond donors (Lipinski definition) is 2. The van der Waals surface area contributed by atoms with Gasteiger partial charge >= 0.3 is 5.97 Å². The molecule has 0 saturated carbocycles. The molecule has 1 heterocycles. The molecule has 0 spiro atoms. The number of aromatic carboxylic acids is 1. The number of anilines is 1. The maximum Gasteiger partial charge on any atom is 0.335 e. The number of hydrogen-bond acceptors (Lipinski definition) is 3. The van der Waals surface area contributed by atoms with Crippen LogP contribution in [0.25, 0.3) is 0 Å². The maximum atomic E-state index is 10.8. The van der Waals surface area contributed by atoms with Gasteiger partial charge in [0.2, 0.25) is 5.95 Å². The van der Waals surface area contributed by atoms with Gasteiger partial charge in [-0.05, 0) is 17.7 Å². The molecule has 0 radical (unpaired) electrons. The number of carbonyl (C=O) groups is 1. The molecule has 2 N–H and O–H groups in total. The average molecular weight is 231 g/mol. The highest BCUT2D eigenvalue weighted by Crippen LogP contribution is 2.08. The molecular weight excluding hydrogens is 218 g/mol. The van der Waals surface area contributed by atoms with E-state index in [0.29, 0.717) is 12.1 Å². The van der Waals surface area contributed by atoms with Gasteiger partial charge < -0.3 is 15.0 Å². The summed E-state index contributed by atoms with van der Waals surface area (Å²) >= 11 is 0. The van der Waals surface area contributed by atoms with E-state index in [-0.39, 0.29) is 0 Å². The average Bonchev–Trinajstić information content (AvgIpc) is 2.72. The van der Waals surface area contributed by atoms with Gasteiger partial charge in [-0.1, -0.05) is 12.1 Å².